The standard InChI is InChI=1S/C24H17N5O/c1-2-16(11-25-8-1)15-3-5-21-19(10-15)24(29-28-21)22-6-4-18-20(17-7-9-30-14-17)12-26-13-23(18)27-22/h1-3,5-14,27H,4H2,(H,28,29). The Labute approximate surface area is 172 Å². The van der Waals surface area contributed by atoms with Crippen molar-refractivity contribution in [3.05, 3.63) is 91.0 Å². The van der Waals surface area contributed by atoms with Crippen molar-refractivity contribution >= 4 is 22.3 Å². The van der Waals surface area contributed by atoms with Gasteiger partial charge in [0.2, 0.25) is 0 Å². The summed E-state index contributed by atoms with van der Waals surface area (Å²) in [5.41, 5.74) is 9.36. The van der Waals surface area contributed by atoms with Crippen LogP contribution >= 0.6 is 0 Å². The lowest BCUT2D eigenvalue weighted by molar-refractivity contribution is 0.568. The molecule has 0 radical (unpaired) electrons. The third-order valence-electron chi connectivity index (χ3n) is 5.48. The van der Waals surface area contributed by atoms with Gasteiger partial charge in [0.25, 0.3) is 0 Å². The van der Waals surface area contributed by atoms with Crippen LogP contribution in [0.2, 0.25) is 0 Å². The van der Waals surface area contributed by atoms with Crippen LogP contribution < -0.4 is 5.32 Å². The molecule has 0 saturated carbocycles. The van der Waals surface area contributed by atoms with Crippen molar-refractivity contribution in [1.29, 1.82) is 0 Å². The molecule has 5 heterocycles. The zero-order valence-electron chi connectivity index (χ0n) is 16.0. The van der Waals surface area contributed by atoms with E-state index in [2.05, 4.69) is 55.8 Å². The van der Waals surface area contributed by atoms with Gasteiger partial charge < -0.3 is 9.73 Å². The lowest BCUT2D eigenvalue weighted by Gasteiger charge is -2.20. The second-order valence-electron chi connectivity index (χ2n) is 7.25. The van der Waals surface area contributed by atoms with Gasteiger partial charge >= 0.3 is 0 Å². The Morgan fingerprint density at radius 2 is 1.93 bits per heavy atom. The van der Waals surface area contributed by atoms with Crippen LogP contribution in [0.3, 0.4) is 0 Å². The third-order valence-corrected chi connectivity index (χ3v) is 5.48. The zero-order chi connectivity index (χ0) is 19.9. The summed E-state index contributed by atoms with van der Waals surface area (Å²) in [6, 6.07) is 12.3. The summed E-state index contributed by atoms with van der Waals surface area (Å²) in [5, 5.41) is 12.3. The maximum absolute atomic E-state index is 5.25. The van der Waals surface area contributed by atoms with E-state index in [-0.39, 0.29) is 0 Å². The fraction of sp³-hybridized carbons (Fsp3) is 0.0417. The molecule has 0 spiro atoms. The van der Waals surface area contributed by atoms with Crippen molar-refractivity contribution in [1.82, 2.24) is 20.2 Å². The number of aromatic amines is 1. The highest BCUT2D eigenvalue weighted by Crippen LogP contribution is 2.36. The highest BCUT2D eigenvalue weighted by molar-refractivity contribution is 5.97. The molecule has 0 aliphatic carbocycles. The summed E-state index contributed by atoms with van der Waals surface area (Å²) in [4.78, 5) is 8.65. The maximum atomic E-state index is 5.25. The fourth-order valence-corrected chi connectivity index (χ4v) is 3.97. The average Bonchev–Trinajstić information content (AvgIpc) is 3.49. The molecule has 1 aromatic carbocycles. The first kappa shape index (κ1) is 16.7. The van der Waals surface area contributed by atoms with Gasteiger partial charge in [0.1, 0.15) is 5.69 Å². The summed E-state index contributed by atoms with van der Waals surface area (Å²) < 4.78 is 5.25. The van der Waals surface area contributed by atoms with Gasteiger partial charge in [-0.15, -0.1) is 0 Å². The molecule has 6 nitrogen and oxygen atoms in total. The van der Waals surface area contributed by atoms with Gasteiger partial charge in [-0.2, -0.15) is 5.10 Å². The zero-order valence-corrected chi connectivity index (χ0v) is 16.0. The minimum atomic E-state index is 0.789. The van der Waals surface area contributed by atoms with Gasteiger partial charge in [-0.25, -0.2) is 0 Å². The quantitative estimate of drug-likeness (QED) is 0.437. The number of allylic oxidation sites excluding steroid dienone is 1. The normalized spacial score (nSPS) is 13.0. The van der Waals surface area contributed by atoms with Crippen LogP contribution in [0.5, 0.6) is 0 Å². The van der Waals surface area contributed by atoms with E-state index in [0.29, 0.717) is 0 Å². The molecule has 0 unspecified atom stereocenters. The van der Waals surface area contributed by atoms with Gasteiger partial charge in [-0.1, -0.05) is 18.2 Å². The van der Waals surface area contributed by atoms with Crippen LogP contribution in [0.25, 0.3) is 38.9 Å². The van der Waals surface area contributed by atoms with Gasteiger partial charge in [0.15, 0.2) is 0 Å². The molecule has 0 atom stereocenters. The second-order valence-corrected chi connectivity index (χ2v) is 7.25. The van der Waals surface area contributed by atoms with Crippen molar-refractivity contribution in [3.63, 3.8) is 0 Å². The Hall–Kier alpha value is -4.19. The summed E-state index contributed by atoms with van der Waals surface area (Å²) in [6.07, 6.45) is 13.8. The Bertz CT molecular complexity index is 1380. The first-order chi connectivity index (χ1) is 14.9. The number of aromatic nitrogens is 4. The lowest BCUT2D eigenvalue weighted by Crippen LogP contribution is -2.09. The van der Waals surface area contributed by atoms with Crippen molar-refractivity contribution < 1.29 is 4.42 Å². The molecule has 30 heavy (non-hydrogen) atoms. The maximum Gasteiger partial charge on any atom is 0.116 e. The first-order valence-electron chi connectivity index (χ1n) is 9.72. The van der Waals surface area contributed by atoms with E-state index in [0.717, 1.165) is 56.7 Å². The second kappa shape index (κ2) is 6.70. The van der Waals surface area contributed by atoms with Gasteiger partial charge in [0.05, 0.1) is 35.6 Å². The lowest BCUT2D eigenvalue weighted by atomic mass is 9.96. The number of rotatable bonds is 3. The molecule has 0 fully saturated rings. The predicted octanol–water partition coefficient (Wildman–Crippen LogP) is 5.29. The van der Waals surface area contributed by atoms with Crippen LogP contribution in [0.15, 0.2) is 84.2 Å². The molecule has 0 saturated heterocycles. The molecule has 6 heteroatoms. The molecular weight excluding hydrogens is 374 g/mol. The molecule has 2 N–H and O–H groups in total. The molecule has 5 aromatic rings. The third kappa shape index (κ3) is 2.69. The van der Waals surface area contributed by atoms with Crippen LogP contribution in [0, 0.1) is 0 Å². The monoisotopic (exact) mass is 391 g/mol. The van der Waals surface area contributed by atoms with Crippen molar-refractivity contribution in [3.8, 4) is 22.3 Å². The Morgan fingerprint density at radius 3 is 2.80 bits per heavy atom. The van der Waals surface area contributed by atoms with E-state index in [1.54, 1.807) is 18.7 Å². The van der Waals surface area contributed by atoms with Gasteiger partial charge in [-0.3, -0.25) is 15.1 Å². The van der Waals surface area contributed by atoms with Crippen molar-refractivity contribution in [2.45, 2.75) is 6.42 Å². The fourth-order valence-electron chi connectivity index (χ4n) is 3.97. The molecule has 144 valence electrons. The van der Waals surface area contributed by atoms with E-state index in [9.17, 15) is 0 Å². The number of H-pyrrole nitrogens is 1. The molecule has 0 bridgehead atoms. The number of nitrogens with zero attached hydrogens (tertiary/aromatic N) is 3. The highest BCUT2D eigenvalue weighted by atomic mass is 16.3. The Morgan fingerprint density at radius 1 is 0.933 bits per heavy atom. The van der Waals surface area contributed by atoms with E-state index in [4.69, 9.17) is 4.42 Å². The van der Waals surface area contributed by atoms with E-state index < -0.39 is 0 Å². The van der Waals surface area contributed by atoms with E-state index in [1.807, 2.05) is 30.7 Å². The van der Waals surface area contributed by atoms with E-state index >= 15 is 0 Å². The Kier molecular flexibility index (Phi) is 3.74. The largest absolute Gasteiger partial charge is 0.472 e. The van der Waals surface area contributed by atoms with Crippen LogP contribution in [-0.2, 0) is 6.42 Å². The van der Waals surface area contributed by atoms with Crippen molar-refractivity contribution in [2.75, 3.05) is 5.32 Å². The number of hydrogen-bond acceptors (Lipinski definition) is 5. The van der Waals surface area contributed by atoms with E-state index in [1.165, 1.54) is 5.56 Å². The molecular formula is C24H17N5O. The molecule has 1 aliphatic heterocycles. The number of anilines is 1. The Balaban J connectivity index is 1.41. The first-order valence-corrected chi connectivity index (χ1v) is 9.72. The number of pyridine rings is 2. The van der Waals surface area contributed by atoms with Gasteiger partial charge in [0, 0.05) is 40.7 Å². The molecule has 4 aromatic heterocycles. The summed E-state index contributed by atoms with van der Waals surface area (Å²) in [6.45, 7) is 0. The predicted molar refractivity (Wildman–Crippen MR) is 117 cm³/mol. The molecule has 1 aliphatic rings. The molecule has 0 amide bonds. The topological polar surface area (TPSA) is 79.6 Å². The van der Waals surface area contributed by atoms with Crippen LogP contribution in [-0.4, -0.2) is 20.2 Å². The van der Waals surface area contributed by atoms with Crippen LogP contribution in [0.1, 0.15) is 11.3 Å². The van der Waals surface area contributed by atoms with Crippen molar-refractivity contribution in [2.24, 2.45) is 0 Å². The summed E-state index contributed by atoms with van der Waals surface area (Å²) in [7, 11) is 0. The molecule has 6 rings (SSSR count). The smallest absolute Gasteiger partial charge is 0.116 e. The number of furan rings is 1. The number of fused-ring (bicyclic) bond motifs is 2. The number of nitrogens with one attached hydrogen (secondary N) is 2. The van der Waals surface area contributed by atoms with Gasteiger partial charge in [-0.05, 0) is 41.8 Å². The highest BCUT2D eigenvalue weighted by Gasteiger charge is 2.20. The summed E-state index contributed by atoms with van der Waals surface area (Å²) in [5.74, 6) is 0. The SMILES string of the molecule is C1=C(c2n[nH]c3ccc(-c4cccnc4)cc23)Nc2cncc(-c3ccoc3)c2C1. The summed E-state index contributed by atoms with van der Waals surface area (Å²) >= 11 is 0. The minimum Gasteiger partial charge on any atom is -0.472 e. The minimum absolute atomic E-state index is 0.789. The number of hydrogen-bond donors (Lipinski definition) is 2. The average molecular weight is 391 g/mol. The number of benzene rings is 1. The van der Waals surface area contributed by atoms with Crippen LogP contribution in [0.4, 0.5) is 5.69 Å².